The summed E-state index contributed by atoms with van der Waals surface area (Å²) in [6, 6.07) is 7.13. The normalized spacial score (nSPS) is 34.1. The molecule has 0 radical (unpaired) electrons. The highest BCUT2D eigenvalue weighted by atomic mass is 32.2. The van der Waals surface area contributed by atoms with E-state index < -0.39 is 21.6 Å². The first-order valence-corrected chi connectivity index (χ1v) is 7.28. The molecule has 6 heteroatoms. The zero-order valence-electron chi connectivity index (χ0n) is 10.7. The maximum Gasteiger partial charge on any atom is 0.350 e. The first-order chi connectivity index (χ1) is 9.05. The molecule has 0 aliphatic carbocycles. The van der Waals surface area contributed by atoms with E-state index in [2.05, 4.69) is 10.2 Å². The Kier molecular flexibility index (Phi) is 2.78. The van der Waals surface area contributed by atoms with Gasteiger partial charge in [0.15, 0.2) is 0 Å². The van der Waals surface area contributed by atoms with E-state index in [4.69, 9.17) is 4.74 Å². The second kappa shape index (κ2) is 4.23. The summed E-state index contributed by atoms with van der Waals surface area (Å²) in [5, 5.41) is 8.08. The molecular formula is C13H14N2O3S. The van der Waals surface area contributed by atoms with Crippen LogP contribution in [0.4, 0.5) is 0 Å². The zero-order valence-corrected chi connectivity index (χ0v) is 11.5. The monoisotopic (exact) mass is 278 g/mol. The number of esters is 1. The van der Waals surface area contributed by atoms with Gasteiger partial charge in [0, 0.05) is 4.90 Å². The lowest BCUT2D eigenvalue weighted by Gasteiger charge is -2.20. The van der Waals surface area contributed by atoms with Crippen molar-refractivity contribution in [3.8, 4) is 0 Å². The number of rotatable bonds is 2. The molecule has 1 fully saturated rings. The van der Waals surface area contributed by atoms with Crippen molar-refractivity contribution in [2.24, 2.45) is 16.1 Å². The smallest absolute Gasteiger partial charge is 0.350 e. The lowest BCUT2D eigenvalue weighted by Crippen LogP contribution is -2.43. The molecule has 0 spiro atoms. The van der Waals surface area contributed by atoms with Crippen LogP contribution in [-0.4, -0.2) is 27.7 Å². The third-order valence-corrected chi connectivity index (χ3v) is 5.49. The quantitative estimate of drug-likeness (QED) is 0.775. The van der Waals surface area contributed by atoms with E-state index in [0.717, 1.165) is 5.56 Å². The Labute approximate surface area is 113 Å². The Balaban J connectivity index is 2.04. The Bertz CT molecular complexity index is 584. The van der Waals surface area contributed by atoms with Gasteiger partial charge in [0.2, 0.25) is 0 Å². The summed E-state index contributed by atoms with van der Waals surface area (Å²) < 4.78 is 17.8. The van der Waals surface area contributed by atoms with Crippen LogP contribution in [0.5, 0.6) is 0 Å². The van der Waals surface area contributed by atoms with Crippen LogP contribution in [0.2, 0.25) is 0 Å². The van der Waals surface area contributed by atoms with Gasteiger partial charge in [-0.1, -0.05) is 17.7 Å². The minimum atomic E-state index is -1.58. The standard InChI is InChI=1S/C13H14N2O3S/c1-8-3-5-10(6-4-8)19(17)13-11(7-18-12(13)16)9(2)14-15-13/h3-6,9,11H,7H2,1-2H3/t9-,11-,13-,19+/m0/s1. The molecule has 19 heavy (non-hydrogen) atoms. The molecule has 2 heterocycles. The number of carbonyl (C=O) groups excluding carboxylic acids is 1. The van der Waals surface area contributed by atoms with Crippen LogP contribution in [0.1, 0.15) is 12.5 Å². The Hall–Kier alpha value is -1.56. The maximum atomic E-state index is 12.8. The summed E-state index contributed by atoms with van der Waals surface area (Å²) in [6.45, 7) is 4.06. The molecular weight excluding hydrogens is 264 g/mol. The second-order valence-corrected chi connectivity index (χ2v) is 6.57. The Morgan fingerprint density at radius 3 is 2.74 bits per heavy atom. The van der Waals surface area contributed by atoms with E-state index in [1.165, 1.54) is 0 Å². The molecule has 0 amide bonds. The summed E-state index contributed by atoms with van der Waals surface area (Å²) >= 11 is 0. The summed E-state index contributed by atoms with van der Waals surface area (Å²) in [5.41, 5.74) is 1.07. The highest BCUT2D eigenvalue weighted by Crippen LogP contribution is 2.44. The number of hydrogen-bond donors (Lipinski definition) is 0. The van der Waals surface area contributed by atoms with Crippen molar-refractivity contribution >= 4 is 16.8 Å². The summed E-state index contributed by atoms with van der Waals surface area (Å²) in [6.07, 6.45) is 0. The van der Waals surface area contributed by atoms with Crippen LogP contribution in [0.25, 0.3) is 0 Å². The van der Waals surface area contributed by atoms with Gasteiger partial charge in [0.05, 0.1) is 22.8 Å². The molecule has 2 aliphatic heterocycles. The number of cyclic esters (lactones) is 1. The fourth-order valence-corrected chi connectivity index (χ4v) is 4.08. The minimum Gasteiger partial charge on any atom is -0.463 e. The lowest BCUT2D eigenvalue weighted by atomic mass is 9.98. The number of fused-ring (bicyclic) bond motifs is 1. The molecule has 5 nitrogen and oxygen atoms in total. The van der Waals surface area contributed by atoms with Crippen molar-refractivity contribution in [3.63, 3.8) is 0 Å². The van der Waals surface area contributed by atoms with Gasteiger partial charge in [0.1, 0.15) is 6.61 Å². The number of aryl methyl sites for hydroxylation is 1. The molecule has 0 aromatic heterocycles. The van der Waals surface area contributed by atoms with Crippen molar-refractivity contribution < 1.29 is 13.7 Å². The first-order valence-electron chi connectivity index (χ1n) is 6.13. The predicted molar refractivity (Wildman–Crippen MR) is 69.1 cm³/mol. The topological polar surface area (TPSA) is 68.1 Å². The Morgan fingerprint density at radius 1 is 1.37 bits per heavy atom. The van der Waals surface area contributed by atoms with Crippen molar-refractivity contribution in [3.05, 3.63) is 29.8 Å². The van der Waals surface area contributed by atoms with Crippen molar-refractivity contribution in [2.75, 3.05) is 6.61 Å². The van der Waals surface area contributed by atoms with Crippen LogP contribution < -0.4 is 0 Å². The molecule has 4 atom stereocenters. The third-order valence-electron chi connectivity index (χ3n) is 3.68. The summed E-state index contributed by atoms with van der Waals surface area (Å²) in [4.78, 5) is 11.3. The highest BCUT2D eigenvalue weighted by Gasteiger charge is 2.63. The second-order valence-electron chi connectivity index (χ2n) is 4.94. The van der Waals surface area contributed by atoms with E-state index in [1.54, 1.807) is 12.1 Å². The van der Waals surface area contributed by atoms with E-state index in [0.29, 0.717) is 4.90 Å². The summed E-state index contributed by atoms with van der Waals surface area (Å²) in [7, 11) is -1.58. The molecule has 0 saturated carbocycles. The van der Waals surface area contributed by atoms with Gasteiger partial charge < -0.3 is 4.74 Å². The minimum absolute atomic E-state index is 0.138. The molecule has 2 aliphatic rings. The van der Waals surface area contributed by atoms with Crippen LogP contribution in [0, 0.1) is 12.8 Å². The van der Waals surface area contributed by atoms with Crippen LogP contribution in [0.3, 0.4) is 0 Å². The average Bonchev–Trinajstić information content (AvgIpc) is 2.91. The van der Waals surface area contributed by atoms with Crippen molar-refractivity contribution in [2.45, 2.75) is 29.7 Å². The molecule has 1 aromatic rings. The number of ether oxygens (including phenoxy) is 1. The molecule has 100 valence electrons. The number of benzene rings is 1. The fourth-order valence-electron chi connectivity index (χ4n) is 2.46. The van der Waals surface area contributed by atoms with Gasteiger partial charge in [-0.2, -0.15) is 10.2 Å². The van der Waals surface area contributed by atoms with Gasteiger partial charge in [0.25, 0.3) is 4.87 Å². The molecule has 0 bridgehead atoms. The fraction of sp³-hybridized carbons (Fsp3) is 0.462. The van der Waals surface area contributed by atoms with Gasteiger partial charge in [-0.3, -0.25) is 4.21 Å². The lowest BCUT2D eigenvalue weighted by molar-refractivity contribution is -0.140. The van der Waals surface area contributed by atoms with E-state index in [9.17, 15) is 9.00 Å². The zero-order chi connectivity index (χ0) is 13.6. The number of nitrogens with zero attached hydrogens (tertiary/aromatic N) is 2. The van der Waals surface area contributed by atoms with Gasteiger partial charge >= 0.3 is 5.97 Å². The van der Waals surface area contributed by atoms with Crippen LogP contribution >= 0.6 is 0 Å². The van der Waals surface area contributed by atoms with E-state index >= 15 is 0 Å². The SMILES string of the molecule is Cc1ccc([S@@](=O)[C@@]23N=N[C@@H](C)[C@@H]2COC3=O)cc1. The predicted octanol–water partition coefficient (Wildman–Crippen LogP) is 1.83. The largest absolute Gasteiger partial charge is 0.463 e. The summed E-state index contributed by atoms with van der Waals surface area (Å²) in [5.74, 6) is -0.758. The highest BCUT2D eigenvalue weighted by molar-refractivity contribution is 7.87. The maximum absolute atomic E-state index is 12.8. The number of hydrogen-bond acceptors (Lipinski definition) is 5. The molecule has 1 aromatic carbocycles. The van der Waals surface area contributed by atoms with Crippen LogP contribution in [-0.2, 0) is 20.3 Å². The van der Waals surface area contributed by atoms with Gasteiger partial charge in [-0.15, -0.1) is 0 Å². The Morgan fingerprint density at radius 2 is 2.05 bits per heavy atom. The van der Waals surface area contributed by atoms with Crippen molar-refractivity contribution in [1.82, 2.24) is 0 Å². The van der Waals surface area contributed by atoms with Gasteiger partial charge in [-0.05, 0) is 26.0 Å². The molecule has 3 rings (SSSR count). The first kappa shape index (κ1) is 12.5. The average molecular weight is 278 g/mol. The van der Waals surface area contributed by atoms with Crippen molar-refractivity contribution in [1.29, 1.82) is 0 Å². The van der Waals surface area contributed by atoms with E-state index in [1.807, 2.05) is 26.0 Å². The molecule has 0 N–H and O–H groups in total. The third kappa shape index (κ3) is 1.66. The van der Waals surface area contributed by atoms with Gasteiger partial charge in [-0.25, -0.2) is 4.79 Å². The number of azo groups is 1. The van der Waals surface area contributed by atoms with E-state index in [-0.39, 0.29) is 18.6 Å². The molecule has 0 unspecified atom stereocenters. The van der Waals surface area contributed by atoms with Crippen LogP contribution in [0.15, 0.2) is 39.4 Å². The number of carbonyl (C=O) groups is 1. The molecule has 1 saturated heterocycles.